The average Bonchev–Trinajstić information content (AvgIpc) is 2.77. The predicted molar refractivity (Wildman–Crippen MR) is 119 cm³/mol. The molecule has 1 aromatic carbocycles. The summed E-state index contributed by atoms with van der Waals surface area (Å²) in [5.74, 6) is 2.68. The van der Waals surface area contributed by atoms with Crippen molar-refractivity contribution in [3.63, 3.8) is 0 Å². The summed E-state index contributed by atoms with van der Waals surface area (Å²) in [5, 5.41) is 0. The van der Waals surface area contributed by atoms with Gasteiger partial charge in [0.1, 0.15) is 0 Å². The second-order valence-corrected chi connectivity index (χ2v) is 10.8. The molecule has 4 rings (SSSR count). The van der Waals surface area contributed by atoms with Crippen LogP contribution in [0.3, 0.4) is 0 Å². The molecule has 1 nitrogen and oxygen atoms in total. The summed E-state index contributed by atoms with van der Waals surface area (Å²) in [6.45, 7) is 5.15. The highest BCUT2D eigenvalue weighted by atomic mass is 19.2. The Morgan fingerprint density at radius 2 is 1.23 bits per heavy atom. The van der Waals surface area contributed by atoms with Crippen molar-refractivity contribution in [3.8, 4) is 5.75 Å². The van der Waals surface area contributed by atoms with E-state index in [4.69, 9.17) is 4.74 Å². The fraction of sp³-hybridized carbons (Fsp3) is 0.778. The van der Waals surface area contributed by atoms with Crippen LogP contribution in [0, 0.1) is 41.2 Å². The highest BCUT2D eigenvalue weighted by Crippen LogP contribution is 2.42. The molecule has 0 saturated heterocycles. The van der Waals surface area contributed by atoms with Crippen molar-refractivity contribution in [2.24, 2.45) is 29.6 Å². The molecule has 0 radical (unpaired) electrons. The van der Waals surface area contributed by atoms with Crippen LogP contribution in [0.15, 0.2) is 12.1 Å². The number of hydrogen-bond donors (Lipinski definition) is 0. The van der Waals surface area contributed by atoms with Crippen molar-refractivity contribution < 1.29 is 13.5 Å². The van der Waals surface area contributed by atoms with E-state index in [1.807, 2.05) is 0 Å². The molecule has 3 saturated carbocycles. The molecule has 3 aliphatic carbocycles. The smallest absolute Gasteiger partial charge is 0.200 e. The molecule has 0 aliphatic heterocycles. The molecule has 1 aromatic rings. The fourth-order valence-electron chi connectivity index (χ4n) is 6.34. The van der Waals surface area contributed by atoms with Crippen LogP contribution in [0.4, 0.5) is 8.78 Å². The Morgan fingerprint density at radius 3 is 1.83 bits per heavy atom. The van der Waals surface area contributed by atoms with E-state index in [0.29, 0.717) is 24.0 Å². The largest absolute Gasteiger partial charge is 0.490 e. The number of ether oxygens (including phenoxy) is 1. The summed E-state index contributed by atoms with van der Waals surface area (Å²) in [7, 11) is 0. The van der Waals surface area contributed by atoms with Crippen LogP contribution in [-0.4, -0.2) is 6.61 Å². The summed E-state index contributed by atoms with van der Waals surface area (Å²) >= 11 is 0. The van der Waals surface area contributed by atoms with E-state index in [0.717, 1.165) is 43.4 Å². The Balaban J connectivity index is 1.27. The monoisotopic (exact) mass is 418 g/mol. The first-order valence-electron chi connectivity index (χ1n) is 12.6. The molecule has 0 aromatic heterocycles. The van der Waals surface area contributed by atoms with Crippen LogP contribution in [0.1, 0.15) is 102 Å². The lowest BCUT2D eigenvalue weighted by molar-refractivity contribution is 0.124. The Kier molecular flexibility index (Phi) is 7.36. The number of rotatable bonds is 5. The molecule has 0 N–H and O–H groups in total. The number of halogens is 2. The molecule has 3 heteroatoms. The zero-order valence-corrected chi connectivity index (χ0v) is 19.0. The zero-order valence-electron chi connectivity index (χ0n) is 19.0. The molecule has 0 bridgehead atoms. The van der Waals surface area contributed by atoms with Crippen LogP contribution in [-0.2, 0) is 0 Å². The van der Waals surface area contributed by atoms with Crippen LogP contribution in [0.25, 0.3) is 0 Å². The Bertz CT molecular complexity index is 678. The first-order valence-corrected chi connectivity index (χ1v) is 12.6. The van der Waals surface area contributed by atoms with Gasteiger partial charge in [-0.15, -0.1) is 0 Å². The molecule has 168 valence electrons. The van der Waals surface area contributed by atoms with Crippen molar-refractivity contribution >= 4 is 0 Å². The minimum Gasteiger partial charge on any atom is -0.490 e. The lowest BCUT2D eigenvalue weighted by Gasteiger charge is -2.37. The fourth-order valence-corrected chi connectivity index (χ4v) is 6.34. The van der Waals surface area contributed by atoms with E-state index in [1.54, 1.807) is 12.1 Å². The molecule has 0 spiro atoms. The van der Waals surface area contributed by atoms with Gasteiger partial charge in [0.2, 0.25) is 5.82 Å². The molecule has 0 unspecified atom stereocenters. The maximum atomic E-state index is 14.7. The van der Waals surface area contributed by atoms with Crippen LogP contribution >= 0.6 is 0 Å². The molecular weight excluding hydrogens is 378 g/mol. The lowest BCUT2D eigenvalue weighted by atomic mass is 9.69. The van der Waals surface area contributed by atoms with Crippen molar-refractivity contribution in [1.29, 1.82) is 0 Å². The van der Waals surface area contributed by atoms with Gasteiger partial charge in [0, 0.05) is 0 Å². The quantitative estimate of drug-likeness (QED) is 0.467. The van der Waals surface area contributed by atoms with Crippen molar-refractivity contribution in [2.45, 2.75) is 96.8 Å². The average molecular weight is 419 g/mol. The van der Waals surface area contributed by atoms with Crippen molar-refractivity contribution in [3.05, 3.63) is 29.3 Å². The van der Waals surface area contributed by atoms with E-state index in [9.17, 15) is 8.78 Å². The molecule has 0 heterocycles. The third kappa shape index (κ3) is 5.19. The summed E-state index contributed by atoms with van der Waals surface area (Å²) in [5.41, 5.74) is 0.550. The van der Waals surface area contributed by atoms with E-state index in [2.05, 4.69) is 13.8 Å². The van der Waals surface area contributed by atoms with E-state index in [-0.39, 0.29) is 11.7 Å². The summed E-state index contributed by atoms with van der Waals surface area (Å²) < 4.78 is 35.2. The minimum absolute atomic E-state index is 0.101. The van der Waals surface area contributed by atoms with Gasteiger partial charge in [0.15, 0.2) is 11.6 Å². The second-order valence-electron chi connectivity index (χ2n) is 10.8. The summed E-state index contributed by atoms with van der Waals surface area (Å²) in [4.78, 5) is 0. The van der Waals surface area contributed by atoms with Gasteiger partial charge in [-0.1, -0.05) is 45.6 Å². The Labute approximate surface area is 182 Å². The first kappa shape index (κ1) is 22.1. The van der Waals surface area contributed by atoms with Gasteiger partial charge in [0.25, 0.3) is 0 Å². The highest BCUT2D eigenvalue weighted by molar-refractivity contribution is 5.33. The van der Waals surface area contributed by atoms with Crippen LogP contribution < -0.4 is 4.74 Å². The topological polar surface area (TPSA) is 9.23 Å². The maximum Gasteiger partial charge on any atom is 0.200 e. The standard InChI is InChI=1S/C27H40F2O/c1-18-3-9-21(10-4-18)22-13-7-20(8-14-22)17-30-25-16-15-24(26(28)27(25)29)23-11-5-19(2)6-12-23/h15-16,18-23H,3-14,17H2,1-2H3. The number of benzene rings is 1. The molecule has 0 amide bonds. The van der Waals surface area contributed by atoms with Crippen LogP contribution in [0.2, 0.25) is 0 Å². The second kappa shape index (κ2) is 10.0. The van der Waals surface area contributed by atoms with E-state index < -0.39 is 11.6 Å². The third-order valence-corrected chi connectivity index (χ3v) is 8.63. The normalized spacial score (nSPS) is 35.2. The van der Waals surface area contributed by atoms with Gasteiger partial charge >= 0.3 is 0 Å². The highest BCUT2D eigenvalue weighted by Gasteiger charge is 2.30. The zero-order chi connectivity index (χ0) is 21.1. The van der Waals surface area contributed by atoms with Gasteiger partial charge in [-0.25, -0.2) is 4.39 Å². The van der Waals surface area contributed by atoms with Gasteiger partial charge in [-0.05, 0) is 98.5 Å². The van der Waals surface area contributed by atoms with Crippen molar-refractivity contribution in [2.75, 3.05) is 6.61 Å². The first-order chi connectivity index (χ1) is 14.5. The van der Waals surface area contributed by atoms with Crippen molar-refractivity contribution in [1.82, 2.24) is 0 Å². The van der Waals surface area contributed by atoms with Gasteiger partial charge in [-0.2, -0.15) is 4.39 Å². The SMILES string of the molecule is CC1CCC(c2ccc(OCC3CCC(C4CCC(C)CC4)CC3)c(F)c2F)CC1. The minimum atomic E-state index is -0.781. The van der Waals surface area contributed by atoms with Gasteiger partial charge < -0.3 is 4.74 Å². The van der Waals surface area contributed by atoms with Gasteiger partial charge in [0.05, 0.1) is 6.61 Å². The molecular formula is C27H40F2O. The summed E-state index contributed by atoms with van der Waals surface area (Å²) in [6, 6.07) is 3.44. The maximum absolute atomic E-state index is 14.7. The molecule has 3 aliphatic rings. The predicted octanol–water partition coefficient (Wildman–Crippen LogP) is 8.27. The third-order valence-electron chi connectivity index (χ3n) is 8.63. The molecule has 3 fully saturated rings. The Hall–Kier alpha value is -1.12. The molecule has 30 heavy (non-hydrogen) atoms. The number of hydrogen-bond acceptors (Lipinski definition) is 1. The summed E-state index contributed by atoms with van der Waals surface area (Å²) in [6.07, 6.45) is 14.6. The molecule has 0 atom stereocenters. The van der Waals surface area contributed by atoms with E-state index >= 15 is 0 Å². The lowest BCUT2D eigenvalue weighted by Crippen LogP contribution is -2.27. The van der Waals surface area contributed by atoms with E-state index in [1.165, 1.54) is 51.4 Å². The van der Waals surface area contributed by atoms with Gasteiger partial charge in [-0.3, -0.25) is 0 Å². The van der Waals surface area contributed by atoms with Crippen LogP contribution in [0.5, 0.6) is 5.75 Å². The Morgan fingerprint density at radius 1 is 0.700 bits per heavy atom.